The lowest BCUT2D eigenvalue weighted by Gasteiger charge is -2.09. The Morgan fingerprint density at radius 3 is 2.58 bits per heavy atom. The summed E-state index contributed by atoms with van der Waals surface area (Å²) in [7, 11) is 0. The third-order valence-corrected chi connectivity index (χ3v) is 3.20. The van der Waals surface area contributed by atoms with Crippen molar-refractivity contribution in [3.8, 4) is 11.6 Å². The molecule has 0 fully saturated rings. The van der Waals surface area contributed by atoms with Crippen LogP contribution in [-0.2, 0) is 0 Å². The molecule has 3 N–H and O–H groups in total. The Morgan fingerprint density at radius 2 is 2.00 bits per heavy atom. The fourth-order valence-corrected chi connectivity index (χ4v) is 1.89. The lowest BCUT2D eigenvalue weighted by atomic mass is 10.2. The van der Waals surface area contributed by atoms with Crippen LogP contribution in [0.4, 0.5) is 5.69 Å². The Hall–Kier alpha value is -2.21. The number of nitrogen functional groups attached to an aromatic ring is 1. The third kappa shape index (κ3) is 2.97. The first-order chi connectivity index (χ1) is 9.11. The lowest BCUT2D eigenvalue weighted by molar-refractivity contribution is 0.0697. The van der Waals surface area contributed by atoms with Crippen LogP contribution >= 0.6 is 11.8 Å². The number of aromatic carboxylic acids is 1. The zero-order valence-corrected chi connectivity index (χ0v) is 11.0. The molecule has 1 heterocycles. The van der Waals surface area contributed by atoms with E-state index < -0.39 is 5.97 Å². The number of benzene rings is 1. The summed E-state index contributed by atoms with van der Waals surface area (Å²) in [6, 6.07) is 8.69. The Bertz CT molecular complexity index is 599. The van der Waals surface area contributed by atoms with Crippen molar-refractivity contribution in [2.45, 2.75) is 4.90 Å². The molecule has 0 saturated heterocycles. The maximum atomic E-state index is 10.9. The van der Waals surface area contributed by atoms with Gasteiger partial charge in [0.15, 0.2) is 0 Å². The predicted molar refractivity (Wildman–Crippen MR) is 73.9 cm³/mol. The summed E-state index contributed by atoms with van der Waals surface area (Å²) in [4.78, 5) is 16.0. The van der Waals surface area contributed by atoms with Gasteiger partial charge in [-0.05, 0) is 36.6 Å². The van der Waals surface area contributed by atoms with Gasteiger partial charge in [0, 0.05) is 11.1 Å². The average molecular weight is 276 g/mol. The topological polar surface area (TPSA) is 85.4 Å². The van der Waals surface area contributed by atoms with Crippen molar-refractivity contribution in [2.24, 2.45) is 0 Å². The SMILES string of the molecule is CSc1ccc(Oc2nccc(C(=O)O)c2N)cc1. The molecule has 0 aliphatic carbocycles. The van der Waals surface area contributed by atoms with Crippen molar-refractivity contribution in [1.82, 2.24) is 4.98 Å². The zero-order valence-electron chi connectivity index (χ0n) is 10.2. The molecule has 5 nitrogen and oxygen atoms in total. The van der Waals surface area contributed by atoms with Crippen molar-refractivity contribution >= 4 is 23.4 Å². The molecule has 2 rings (SSSR count). The van der Waals surface area contributed by atoms with Crippen LogP contribution in [0.5, 0.6) is 11.6 Å². The van der Waals surface area contributed by atoms with Crippen LogP contribution < -0.4 is 10.5 Å². The van der Waals surface area contributed by atoms with E-state index >= 15 is 0 Å². The first-order valence-electron chi connectivity index (χ1n) is 5.41. The number of anilines is 1. The molecule has 0 aliphatic rings. The van der Waals surface area contributed by atoms with Gasteiger partial charge in [0.05, 0.1) is 5.56 Å². The van der Waals surface area contributed by atoms with Crippen molar-refractivity contribution in [2.75, 3.05) is 12.0 Å². The number of carboxylic acids is 1. The van der Waals surface area contributed by atoms with Crippen LogP contribution in [0, 0.1) is 0 Å². The fraction of sp³-hybridized carbons (Fsp3) is 0.0769. The fourth-order valence-electron chi connectivity index (χ4n) is 1.48. The molecule has 0 radical (unpaired) electrons. The van der Waals surface area contributed by atoms with Gasteiger partial charge in [0.2, 0.25) is 5.88 Å². The van der Waals surface area contributed by atoms with E-state index in [2.05, 4.69) is 4.98 Å². The van der Waals surface area contributed by atoms with E-state index in [4.69, 9.17) is 15.6 Å². The molecule has 0 unspecified atom stereocenters. The molecular weight excluding hydrogens is 264 g/mol. The molecule has 0 saturated carbocycles. The van der Waals surface area contributed by atoms with Gasteiger partial charge in [-0.2, -0.15) is 0 Å². The third-order valence-electron chi connectivity index (χ3n) is 2.46. The van der Waals surface area contributed by atoms with Gasteiger partial charge in [-0.1, -0.05) is 0 Å². The van der Waals surface area contributed by atoms with Crippen LogP contribution in [0.1, 0.15) is 10.4 Å². The second kappa shape index (κ2) is 5.62. The minimum atomic E-state index is -1.11. The molecule has 0 bridgehead atoms. The predicted octanol–water partition coefficient (Wildman–Crippen LogP) is 2.88. The summed E-state index contributed by atoms with van der Waals surface area (Å²) in [5.41, 5.74) is 5.71. The highest BCUT2D eigenvalue weighted by Gasteiger charge is 2.13. The van der Waals surface area contributed by atoms with Crippen molar-refractivity contribution in [3.63, 3.8) is 0 Å². The van der Waals surface area contributed by atoms with Gasteiger partial charge < -0.3 is 15.6 Å². The van der Waals surface area contributed by atoms with E-state index in [1.165, 1.54) is 12.3 Å². The Kier molecular flexibility index (Phi) is 3.91. The molecule has 0 amide bonds. The molecular formula is C13H12N2O3S. The van der Waals surface area contributed by atoms with Gasteiger partial charge in [-0.25, -0.2) is 9.78 Å². The minimum Gasteiger partial charge on any atom is -0.478 e. The number of pyridine rings is 1. The number of aromatic nitrogens is 1. The van der Waals surface area contributed by atoms with Gasteiger partial charge in [0.25, 0.3) is 0 Å². The van der Waals surface area contributed by atoms with Crippen molar-refractivity contribution in [1.29, 1.82) is 0 Å². The monoisotopic (exact) mass is 276 g/mol. The van der Waals surface area contributed by atoms with E-state index in [1.807, 2.05) is 18.4 Å². The van der Waals surface area contributed by atoms with Crippen molar-refractivity contribution in [3.05, 3.63) is 42.1 Å². The van der Waals surface area contributed by atoms with Crippen LogP contribution in [-0.4, -0.2) is 22.3 Å². The average Bonchev–Trinajstić information content (AvgIpc) is 2.41. The number of thioether (sulfide) groups is 1. The highest BCUT2D eigenvalue weighted by Crippen LogP contribution is 2.28. The molecule has 1 aromatic heterocycles. The minimum absolute atomic E-state index is 0.0175. The van der Waals surface area contributed by atoms with Gasteiger partial charge in [-0.3, -0.25) is 0 Å². The number of carboxylic acid groups (broad SMARTS) is 1. The number of hydrogen-bond donors (Lipinski definition) is 2. The Balaban J connectivity index is 2.27. The molecule has 0 atom stereocenters. The van der Waals surface area contributed by atoms with E-state index in [0.717, 1.165) is 4.90 Å². The molecule has 19 heavy (non-hydrogen) atoms. The van der Waals surface area contributed by atoms with E-state index in [1.54, 1.807) is 23.9 Å². The van der Waals surface area contributed by atoms with Gasteiger partial charge in [-0.15, -0.1) is 11.8 Å². The first-order valence-corrected chi connectivity index (χ1v) is 6.64. The van der Waals surface area contributed by atoms with E-state index in [-0.39, 0.29) is 17.1 Å². The molecule has 0 spiro atoms. The standard InChI is InChI=1S/C13H12N2O3S/c1-19-9-4-2-8(3-5-9)18-12-11(14)10(13(16)17)6-7-15-12/h2-7H,14H2,1H3,(H,16,17). The highest BCUT2D eigenvalue weighted by molar-refractivity contribution is 7.98. The second-order valence-electron chi connectivity index (χ2n) is 3.66. The van der Waals surface area contributed by atoms with Crippen LogP contribution in [0.3, 0.4) is 0 Å². The first kappa shape index (κ1) is 13.2. The number of ether oxygens (including phenoxy) is 1. The lowest BCUT2D eigenvalue weighted by Crippen LogP contribution is -2.05. The maximum absolute atomic E-state index is 10.9. The summed E-state index contributed by atoms with van der Waals surface area (Å²) in [6.45, 7) is 0. The number of nitrogens with two attached hydrogens (primary N) is 1. The molecule has 2 aromatic rings. The molecule has 1 aromatic carbocycles. The van der Waals surface area contributed by atoms with Gasteiger partial charge >= 0.3 is 5.97 Å². The van der Waals surface area contributed by atoms with Gasteiger partial charge in [0.1, 0.15) is 11.4 Å². The number of rotatable bonds is 4. The number of hydrogen-bond acceptors (Lipinski definition) is 5. The molecule has 6 heteroatoms. The summed E-state index contributed by atoms with van der Waals surface area (Å²) >= 11 is 1.62. The molecule has 0 aliphatic heterocycles. The van der Waals surface area contributed by atoms with Crippen LogP contribution in [0.15, 0.2) is 41.4 Å². The summed E-state index contributed by atoms with van der Waals surface area (Å²) in [5, 5.41) is 8.96. The number of nitrogens with zero attached hydrogens (tertiary/aromatic N) is 1. The van der Waals surface area contributed by atoms with Crippen molar-refractivity contribution < 1.29 is 14.6 Å². The summed E-state index contributed by atoms with van der Waals surface area (Å²) in [6.07, 6.45) is 3.33. The largest absolute Gasteiger partial charge is 0.478 e. The summed E-state index contributed by atoms with van der Waals surface area (Å²) < 4.78 is 5.49. The maximum Gasteiger partial charge on any atom is 0.338 e. The zero-order chi connectivity index (χ0) is 13.8. The second-order valence-corrected chi connectivity index (χ2v) is 4.54. The van der Waals surface area contributed by atoms with E-state index in [9.17, 15) is 4.79 Å². The van der Waals surface area contributed by atoms with Crippen LogP contribution in [0.25, 0.3) is 0 Å². The van der Waals surface area contributed by atoms with E-state index in [0.29, 0.717) is 5.75 Å². The highest BCUT2D eigenvalue weighted by atomic mass is 32.2. The smallest absolute Gasteiger partial charge is 0.338 e. The quantitative estimate of drug-likeness (QED) is 0.835. The van der Waals surface area contributed by atoms with Crippen LogP contribution in [0.2, 0.25) is 0 Å². The Labute approximate surface area is 114 Å². The normalized spacial score (nSPS) is 10.2. The number of carbonyl (C=O) groups is 1. The molecule has 98 valence electrons. The summed E-state index contributed by atoms with van der Waals surface area (Å²) in [5.74, 6) is -0.459. The Morgan fingerprint density at radius 1 is 1.32 bits per heavy atom.